The van der Waals surface area contributed by atoms with Crippen molar-refractivity contribution in [1.82, 2.24) is 5.32 Å². The molecule has 1 N–H and O–H groups in total. The summed E-state index contributed by atoms with van der Waals surface area (Å²) >= 11 is 4.09. The van der Waals surface area contributed by atoms with Crippen molar-refractivity contribution in [2.24, 2.45) is 0 Å². The molecular formula is C10H19NO2S. The van der Waals surface area contributed by atoms with E-state index < -0.39 is 0 Å². The van der Waals surface area contributed by atoms with E-state index in [0.717, 1.165) is 12.8 Å². The largest absolute Gasteiger partial charge is 0.461 e. The van der Waals surface area contributed by atoms with Gasteiger partial charge in [0.1, 0.15) is 12.1 Å². The summed E-state index contributed by atoms with van der Waals surface area (Å²) in [6.45, 7) is 0. The summed E-state index contributed by atoms with van der Waals surface area (Å²) in [7, 11) is 1.75. The first-order valence-corrected chi connectivity index (χ1v) is 5.89. The van der Waals surface area contributed by atoms with E-state index in [9.17, 15) is 4.79 Å². The summed E-state index contributed by atoms with van der Waals surface area (Å²) in [4.78, 5) is 11.5. The standard InChI is InChI=1S/C10H19NO2S/c1-11-9(7-14)10(12)13-8-5-3-2-4-6-8/h8-9,11,14H,2-7H2,1H3/t9-/m0/s1. The molecule has 1 atom stereocenters. The first-order valence-electron chi connectivity index (χ1n) is 5.26. The van der Waals surface area contributed by atoms with Crippen LogP contribution in [0.5, 0.6) is 0 Å². The van der Waals surface area contributed by atoms with Gasteiger partial charge in [-0.1, -0.05) is 6.42 Å². The second-order valence-electron chi connectivity index (χ2n) is 3.72. The molecule has 1 fully saturated rings. The third-order valence-electron chi connectivity index (χ3n) is 2.65. The van der Waals surface area contributed by atoms with Crippen LogP contribution < -0.4 is 5.32 Å². The average molecular weight is 217 g/mol. The van der Waals surface area contributed by atoms with E-state index in [1.165, 1.54) is 19.3 Å². The molecular weight excluding hydrogens is 198 g/mol. The third-order valence-corrected chi connectivity index (χ3v) is 3.02. The Bertz CT molecular complexity index is 177. The molecule has 1 rings (SSSR count). The lowest BCUT2D eigenvalue weighted by Gasteiger charge is -2.23. The number of nitrogens with one attached hydrogen (secondary N) is 1. The van der Waals surface area contributed by atoms with Crippen LogP contribution in [0.25, 0.3) is 0 Å². The zero-order chi connectivity index (χ0) is 10.4. The van der Waals surface area contributed by atoms with Crippen LogP contribution in [0.4, 0.5) is 0 Å². The first kappa shape index (κ1) is 11.9. The highest BCUT2D eigenvalue weighted by Gasteiger charge is 2.22. The molecule has 0 aromatic carbocycles. The van der Waals surface area contributed by atoms with Crippen LogP contribution in [0.15, 0.2) is 0 Å². The van der Waals surface area contributed by atoms with E-state index in [1.807, 2.05) is 0 Å². The number of hydrogen-bond donors (Lipinski definition) is 2. The number of carbonyl (C=O) groups is 1. The summed E-state index contributed by atoms with van der Waals surface area (Å²) in [5.41, 5.74) is 0. The van der Waals surface area contributed by atoms with Gasteiger partial charge in [0.15, 0.2) is 0 Å². The zero-order valence-corrected chi connectivity index (χ0v) is 9.56. The molecule has 14 heavy (non-hydrogen) atoms. The molecule has 0 bridgehead atoms. The van der Waals surface area contributed by atoms with E-state index in [2.05, 4.69) is 17.9 Å². The third kappa shape index (κ3) is 3.50. The number of hydrogen-bond acceptors (Lipinski definition) is 4. The Balaban J connectivity index is 2.30. The molecule has 0 heterocycles. The van der Waals surface area contributed by atoms with E-state index >= 15 is 0 Å². The Morgan fingerprint density at radius 2 is 2.14 bits per heavy atom. The molecule has 3 nitrogen and oxygen atoms in total. The molecule has 0 aromatic rings. The van der Waals surface area contributed by atoms with Gasteiger partial charge in [0.05, 0.1) is 0 Å². The van der Waals surface area contributed by atoms with Crippen LogP contribution in [-0.4, -0.2) is 30.9 Å². The average Bonchev–Trinajstić information content (AvgIpc) is 2.21. The van der Waals surface area contributed by atoms with Crippen molar-refractivity contribution < 1.29 is 9.53 Å². The number of likely N-dealkylation sites (N-methyl/N-ethyl adjacent to an activating group) is 1. The summed E-state index contributed by atoms with van der Waals surface area (Å²) in [5, 5.41) is 2.89. The first-order chi connectivity index (χ1) is 6.77. The van der Waals surface area contributed by atoms with Crippen molar-refractivity contribution in [2.75, 3.05) is 12.8 Å². The second-order valence-corrected chi connectivity index (χ2v) is 4.09. The fraction of sp³-hybridized carbons (Fsp3) is 0.900. The molecule has 0 radical (unpaired) electrons. The van der Waals surface area contributed by atoms with Crippen LogP contribution in [0.3, 0.4) is 0 Å². The molecule has 1 saturated carbocycles. The van der Waals surface area contributed by atoms with Crippen LogP contribution >= 0.6 is 12.6 Å². The van der Waals surface area contributed by atoms with Gasteiger partial charge >= 0.3 is 5.97 Å². The van der Waals surface area contributed by atoms with Crippen molar-refractivity contribution in [3.8, 4) is 0 Å². The highest BCUT2D eigenvalue weighted by atomic mass is 32.1. The fourth-order valence-corrected chi connectivity index (χ4v) is 2.04. The fourth-order valence-electron chi connectivity index (χ4n) is 1.71. The quantitative estimate of drug-likeness (QED) is 0.552. The molecule has 82 valence electrons. The van der Waals surface area contributed by atoms with Gasteiger partial charge in [-0.15, -0.1) is 0 Å². The van der Waals surface area contributed by atoms with Gasteiger partial charge in [-0.25, -0.2) is 0 Å². The minimum Gasteiger partial charge on any atom is -0.461 e. The van der Waals surface area contributed by atoms with Crippen molar-refractivity contribution in [1.29, 1.82) is 0 Å². The molecule has 1 aliphatic rings. The Morgan fingerprint density at radius 3 is 2.64 bits per heavy atom. The number of esters is 1. The maximum Gasteiger partial charge on any atom is 0.324 e. The Hall–Kier alpha value is -0.220. The van der Waals surface area contributed by atoms with Crippen LogP contribution in [0.2, 0.25) is 0 Å². The summed E-state index contributed by atoms with van der Waals surface area (Å²) in [6, 6.07) is -0.264. The maximum atomic E-state index is 11.5. The molecule has 1 aliphatic carbocycles. The van der Waals surface area contributed by atoms with Gasteiger partial charge < -0.3 is 10.1 Å². The van der Waals surface area contributed by atoms with E-state index in [-0.39, 0.29) is 18.1 Å². The smallest absolute Gasteiger partial charge is 0.324 e. The number of thiol groups is 1. The van der Waals surface area contributed by atoms with Gasteiger partial charge in [-0.2, -0.15) is 12.6 Å². The molecule has 0 amide bonds. The molecule has 0 aliphatic heterocycles. The lowest BCUT2D eigenvalue weighted by atomic mass is 9.98. The SMILES string of the molecule is CN[C@@H](CS)C(=O)OC1CCCCC1. The van der Waals surface area contributed by atoms with Crippen molar-refractivity contribution >= 4 is 18.6 Å². The normalized spacial score (nSPS) is 20.4. The topological polar surface area (TPSA) is 38.3 Å². The number of ether oxygens (including phenoxy) is 1. The van der Waals surface area contributed by atoms with Gasteiger partial charge in [-0.3, -0.25) is 4.79 Å². The predicted octanol–water partition coefficient (Wildman–Crippen LogP) is 1.38. The van der Waals surface area contributed by atoms with Gasteiger partial charge in [0.2, 0.25) is 0 Å². The van der Waals surface area contributed by atoms with Gasteiger partial charge in [0, 0.05) is 5.75 Å². The molecule has 0 aromatic heterocycles. The van der Waals surface area contributed by atoms with Gasteiger partial charge in [0.25, 0.3) is 0 Å². The van der Waals surface area contributed by atoms with E-state index in [0.29, 0.717) is 5.75 Å². The summed E-state index contributed by atoms with van der Waals surface area (Å²) in [5.74, 6) is 0.330. The van der Waals surface area contributed by atoms with Crippen molar-refractivity contribution in [3.05, 3.63) is 0 Å². The minimum atomic E-state index is -0.264. The predicted molar refractivity (Wildman–Crippen MR) is 59.7 cm³/mol. The molecule has 0 spiro atoms. The molecule has 0 unspecified atom stereocenters. The van der Waals surface area contributed by atoms with Gasteiger partial charge in [-0.05, 0) is 32.7 Å². The van der Waals surface area contributed by atoms with E-state index in [4.69, 9.17) is 4.74 Å². The Labute approximate surface area is 91.0 Å². The van der Waals surface area contributed by atoms with Crippen LogP contribution in [-0.2, 0) is 9.53 Å². The highest BCUT2D eigenvalue weighted by molar-refractivity contribution is 7.80. The maximum absolute atomic E-state index is 11.5. The Kier molecular flexibility index (Phi) is 5.33. The zero-order valence-electron chi connectivity index (χ0n) is 8.66. The van der Waals surface area contributed by atoms with E-state index in [1.54, 1.807) is 7.05 Å². The highest BCUT2D eigenvalue weighted by Crippen LogP contribution is 2.20. The van der Waals surface area contributed by atoms with Crippen molar-refractivity contribution in [2.45, 2.75) is 44.2 Å². The van der Waals surface area contributed by atoms with Crippen LogP contribution in [0.1, 0.15) is 32.1 Å². The number of rotatable bonds is 4. The number of carbonyl (C=O) groups excluding carboxylic acids is 1. The monoisotopic (exact) mass is 217 g/mol. The summed E-state index contributed by atoms with van der Waals surface area (Å²) in [6.07, 6.45) is 5.83. The summed E-state index contributed by atoms with van der Waals surface area (Å²) < 4.78 is 5.38. The molecule has 0 saturated heterocycles. The van der Waals surface area contributed by atoms with Crippen molar-refractivity contribution in [3.63, 3.8) is 0 Å². The molecule has 4 heteroatoms. The lowest BCUT2D eigenvalue weighted by Crippen LogP contribution is -2.39. The van der Waals surface area contributed by atoms with Crippen LogP contribution in [0, 0.1) is 0 Å². The second kappa shape index (κ2) is 6.30. The Morgan fingerprint density at radius 1 is 1.50 bits per heavy atom. The lowest BCUT2D eigenvalue weighted by molar-refractivity contribution is -0.152. The minimum absolute atomic E-state index is 0.145.